The predicted octanol–water partition coefficient (Wildman–Crippen LogP) is 0.520. The van der Waals surface area contributed by atoms with E-state index >= 15 is 0 Å². The van der Waals surface area contributed by atoms with Crippen molar-refractivity contribution in [3.63, 3.8) is 0 Å². The Labute approximate surface area is 96.2 Å². The number of oxazole rings is 1. The first-order valence-electron chi connectivity index (χ1n) is 5.67. The zero-order valence-electron chi connectivity index (χ0n) is 10.2. The number of rotatable bonds is 3. The zero-order chi connectivity index (χ0) is 11.7. The second-order valence-corrected chi connectivity index (χ2v) is 4.74. The lowest BCUT2D eigenvalue weighted by molar-refractivity contribution is 0.266. The van der Waals surface area contributed by atoms with Crippen LogP contribution in [0.4, 0.5) is 6.01 Å². The van der Waals surface area contributed by atoms with Crippen molar-refractivity contribution in [3.05, 3.63) is 12.0 Å². The highest BCUT2D eigenvalue weighted by atomic mass is 16.4. The van der Waals surface area contributed by atoms with E-state index < -0.39 is 0 Å². The molecule has 0 bridgehead atoms. The van der Waals surface area contributed by atoms with Crippen LogP contribution >= 0.6 is 0 Å². The SMILES string of the molecule is CC1CN(c2nc(CN)co2)CC1N(C)C. The second kappa shape index (κ2) is 4.43. The van der Waals surface area contributed by atoms with E-state index in [1.54, 1.807) is 6.26 Å². The summed E-state index contributed by atoms with van der Waals surface area (Å²) in [4.78, 5) is 8.81. The Kier molecular flexibility index (Phi) is 3.16. The maximum Gasteiger partial charge on any atom is 0.297 e. The monoisotopic (exact) mass is 224 g/mol. The number of nitrogens with two attached hydrogens (primary N) is 1. The lowest BCUT2D eigenvalue weighted by atomic mass is 10.1. The molecule has 5 nitrogen and oxygen atoms in total. The molecule has 0 aromatic carbocycles. The minimum absolute atomic E-state index is 0.435. The van der Waals surface area contributed by atoms with E-state index in [1.165, 1.54) is 0 Å². The van der Waals surface area contributed by atoms with Crippen molar-refractivity contribution >= 4 is 6.01 Å². The summed E-state index contributed by atoms with van der Waals surface area (Å²) in [6.07, 6.45) is 1.64. The summed E-state index contributed by atoms with van der Waals surface area (Å²) in [5.41, 5.74) is 6.33. The Hall–Kier alpha value is -1.07. The molecule has 0 spiro atoms. The van der Waals surface area contributed by atoms with E-state index in [0.717, 1.165) is 18.8 Å². The Morgan fingerprint density at radius 2 is 2.31 bits per heavy atom. The topological polar surface area (TPSA) is 58.5 Å². The highest BCUT2D eigenvalue weighted by Crippen LogP contribution is 2.25. The highest BCUT2D eigenvalue weighted by Gasteiger charge is 2.33. The van der Waals surface area contributed by atoms with E-state index in [4.69, 9.17) is 10.2 Å². The summed E-state index contributed by atoms with van der Waals surface area (Å²) >= 11 is 0. The molecule has 0 radical (unpaired) electrons. The third kappa shape index (κ3) is 2.05. The van der Waals surface area contributed by atoms with Gasteiger partial charge in [-0.05, 0) is 20.0 Å². The maximum atomic E-state index is 5.52. The van der Waals surface area contributed by atoms with E-state index in [1.807, 2.05) is 0 Å². The lowest BCUT2D eigenvalue weighted by Crippen LogP contribution is -2.34. The van der Waals surface area contributed by atoms with Crippen LogP contribution in [0.5, 0.6) is 0 Å². The van der Waals surface area contributed by atoms with E-state index in [2.05, 4.69) is 35.8 Å². The quantitative estimate of drug-likeness (QED) is 0.811. The van der Waals surface area contributed by atoms with Crippen LogP contribution in [0.15, 0.2) is 10.7 Å². The minimum Gasteiger partial charge on any atom is -0.432 e. The van der Waals surface area contributed by atoms with Crippen LogP contribution in [-0.4, -0.2) is 43.1 Å². The standard InChI is InChI=1S/C11H20N4O/c1-8-5-15(6-10(8)14(2)3)11-13-9(4-12)7-16-11/h7-8,10H,4-6,12H2,1-3H3. The van der Waals surface area contributed by atoms with E-state index in [-0.39, 0.29) is 0 Å². The van der Waals surface area contributed by atoms with Crippen molar-refractivity contribution in [2.24, 2.45) is 11.7 Å². The Morgan fingerprint density at radius 1 is 1.56 bits per heavy atom. The molecule has 1 saturated heterocycles. The Balaban J connectivity index is 2.07. The average molecular weight is 224 g/mol. The fraction of sp³-hybridized carbons (Fsp3) is 0.727. The van der Waals surface area contributed by atoms with Crippen LogP contribution < -0.4 is 10.6 Å². The summed E-state index contributed by atoms with van der Waals surface area (Å²) in [7, 11) is 4.23. The molecule has 0 saturated carbocycles. The van der Waals surface area contributed by atoms with Crippen LogP contribution in [0, 0.1) is 5.92 Å². The molecule has 1 aliphatic rings. The summed E-state index contributed by atoms with van der Waals surface area (Å²) < 4.78 is 5.43. The maximum absolute atomic E-state index is 5.52. The van der Waals surface area contributed by atoms with Crippen LogP contribution in [0.3, 0.4) is 0 Å². The van der Waals surface area contributed by atoms with Crippen LogP contribution in [0.25, 0.3) is 0 Å². The first-order chi connectivity index (χ1) is 7.61. The lowest BCUT2D eigenvalue weighted by Gasteiger charge is -2.22. The number of anilines is 1. The number of hydrogen-bond donors (Lipinski definition) is 1. The molecule has 2 rings (SSSR count). The molecule has 90 valence electrons. The molecule has 1 fully saturated rings. The molecule has 1 aromatic rings. The average Bonchev–Trinajstić information content (AvgIpc) is 2.83. The van der Waals surface area contributed by atoms with Crippen molar-refractivity contribution in [1.82, 2.24) is 9.88 Å². The van der Waals surface area contributed by atoms with Crippen LogP contribution in [0.1, 0.15) is 12.6 Å². The summed E-state index contributed by atoms with van der Waals surface area (Å²) in [6, 6.07) is 1.27. The summed E-state index contributed by atoms with van der Waals surface area (Å²) in [5.74, 6) is 0.628. The molecule has 2 heterocycles. The molecule has 0 aliphatic carbocycles. The summed E-state index contributed by atoms with van der Waals surface area (Å²) in [6.45, 7) is 4.66. The van der Waals surface area contributed by atoms with Gasteiger partial charge in [-0.2, -0.15) is 4.98 Å². The van der Waals surface area contributed by atoms with E-state index in [0.29, 0.717) is 24.5 Å². The van der Waals surface area contributed by atoms with Crippen LogP contribution in [0.2, 0.25) is 0 Å². The fourth-order valence-electron chi connectivity index (χ4n) is 2.31. The van der Waals surface area contributed by atoms with Gasteiger partial charge in [0.05, 0.1) is 5.69 Å². The van der Waals surface area contributed by atoms with Crippen molar-refractivity contribution in [3.8, 4) is 0 Å². The number of likely N-dealkylation sites (N-methyl/N-ethyl adjacent to an activating group) is 1. The molecule has 2 atom stereocenters. The molecule has 16 heavy (non-hydrogen) atoms. The van der Waals surface area contributed by atoms with Gasteiger partial charge >= 0.3 is 0 Å². The molecule has 2 N–H and O–H groups in total. The predicted molar refractivity (Wildman–Crippen MR) is 63.2 cm³/mol. The fourth-order valence-corrected chi connectivity index (χ4v) is 2.31. The Bertz CT molecular complexity index is 350. The molecular formula is C11H20N4O. The van der Waals surface area contributed by atoms with Crippen LogP contribution in [-0.2, 0) is 6.54 Å². The van der Waals surface area contributed by atoms with Gasteiger partial charge < -0.3 is 20.0 Å². The Morgan fingerprint density at radius 3 is 2.81 bits per heavy atom. The van der Waals surface area contributed by atoms with Gasteiger partial charge in [-0.1, -0.05) is 6.92 Å². The molecule has 5 heteroatoms. The van der Waals surface area contributed by atoms with Gasteiger partial charge in [-0.15, -0.1) is 0 Å². The van der Waals surface area contributed by atoms with Gasteiger partial charge in [0.25, 0.3) is 6.01 Å². The molecular weight excluding hydrogens is 204 g/mol. The van der Waals surface area contributed by atoms with Gasteiger partial charge in [0.1, 0.15) is 6.26 Å². The number of aromatic nitrogens is 1. The summed E-state index contributed by atoms with van der Waals surface area (Å²) in [5, 5.41) is 0. The van der Waals surface area contributed by atoms with Gasteiger partial charge in [-0.25, -0.2) is 0 Å². The zero-order valence-corrected chi connectivity index (χ0v) is 10.2. The van der Waals surface area contributed by atoms with Gasteiger partial charge in [0.15, 0.2) is 0 Å². The van der Waals surface area contributed by atoms with Gasteiger partial charge in [-0.3, -0.25) is 0 Å². The molecule has 1 aliphatic heterocycles. The van der Waals surface area contributed by atoms with E-state index in [9.17, 15) is 0 Å². The third-order valence-electron chi connectivity index (χ3n) is 3.26. The van der Waals surface area contributed by atoms with Crippen molar-refractivity contribution < 1.29 is 4.42 Å². The smallest absolute Gasteiger partial charge is 0.297 e. The number of hydrogen-bond acceptors (Lipinski definition) is 5. The van der Waals surface area contributed by atoms with Gasteiger partial charge in [0, 0.05) is 25.7 Å². The first kappa shape index (κ1) is 11.4. The molecule has 1 aromatic heterocycles. The largest absolute Gasteiger partial charge is 0.432 e. The van der Waals surface area contributed by atoms with Gasteiger partial charge in [0.2, 0.25) is 0 Å². The second-order valence-electron chi connectivity index (χ2n) is 4.74. The third-order valence-corrected chi connectivity index (χ3v) is 3.26. The van der Waals surface area contributed by atoms with Crippen molar-refractivity contribution in [2.45, 2.75) is 19.5 Å². The first-order valence-corrected chi connectivity index (χ1v) is 5.67. The van der Waals surface area contributed by atoms with Crippen molar-refractivity contribution in [2.75, 3.05) is 32.1 Å². The number of nitrogens with zero attached hydrogens (tertiary/aromatic N) is 3. The minimum atomic E-state index is 0.435. The normalized spacial score (nSPS) is 25.7. The molecule has 0 amide bonds. The molecule has 2 unspecified atom stereocenters. The van der Waals surface area contributed by atoms with Crippen molar-refractivity contribution in [1.29, 1.82) is 0 Å². The highest BCUT2D eigenvalue weighted by molar-refractivity contribution is 5.30.